The van der Waals surface area contributed by atoms with E-state index in [1.807, 2.05) is 0 Å². The van der Waals surface area contributed by atoms with Crippen molar-refractivity contribution < 1.29 is 4.39 Å². The summed E-state index contributed by atoms with van der Waals surface area (Å²) in [5.74, 6) is -0.193. The van der Waals surface area contributed by atoms with Gasteiger partial charge in [-0.05, 0) is 37.6 Å². The summed E-state index contributed by atoms with van der Waals surface area (Å²) in [7, 11) is 0. The Kier molecular flexibility index (Phi) is 7.82. The lowest BCUT2D eigenvalue weighted by atomic mass is 10.2. The summed E-state index contributed by atoms with van der Waals surface area (Å²) in [5, 5.41) is 4.90. The zero-order valence-corrected chi connectivity index (χ0v) is 12.2. The van der Waals surface area contributed by atoms with Crippen LogP contribution in [-0.4, -0.2) is 11.9 Å². The standard InChI is InChI=1S/C13H18BrClFN/c14-7-3-1-2-4-8-17-10-11-9-12(15)5-6-13(11)16/h5-6,9,17H,1-4,7-8,10H2. The normalized spacial score (nSPS) is 10.8. The molecule has 0 unspecified atom stereocenters. The molecule has 0 fully saturated rings. The van der Waals surface area contributed by atoms with E-state index in [0.29, 0.717) is 17.1 Å². The molecule has 17 heavy (non-hydrogen) atoms. The maximum Gasteiger partial charge on any atom is 0.127 e. The molecule has 0 aliphatic rings. The third-order valence-electron chi connectivity index (χ3n) is 2.56. The molecule has 0 atom stereocenters. The van der Waals surface area contributed by atoms with Crippen LogP contribution in [0.1, 0.15) is 31.2 Å². The summed E-state index contributed by atoms with van der Waals surface area (Å²) < 4.78 is 13.3. The molecule has 0 aromatic heterocycles. The quantitative estimate of drug-likeness (QED) is 0.548. The maximum atomic E-state index is 13.3. The number of unbranched alkanes of at least 4 members (excludes halogenated alkanes) is 3. The van der Waals surface area contributed by atoms with Gasteiger partial charge in [0.1, 0.15) is 5.82 Å². The van der Waals surface area contributed by atoms with Crippen LogP contribution >= 0.6 is 27.5 Å². The number of alkyl halides is 1. The Balaban J connectivity index is 2.15. The van der Waals surface area contributed by atoms with E-state index in [-0.39, 0.29) is 5.82 Å². The van der Waals surface area contributed by atoms with E-state index in [9.17, 15) is 4.39 Å². The lowest BCUT2D eigenvalue weighted by Crippen LogP contribution is -2.15. The lowest BCUT2D eigenvalue weighted by molar-refractivity contribution is 0.568. The first kappa shape index (κ1) is 14.9. The lowest BCUT2D eigenvalue weighted by Gasteiger charge is -2.06. The van der Waals surface area contributed by atoms with Crippen LogP contribution in [0.4, 0.5) is 4.39 Å². The van der Waals surface area contributed by atoms with Gasteiger partial charge in [0.05, 0.1) is 0 Å². The van der Waals surface area contributed by atoms with Gasteiger partial charge >= 0.3 is 0 Å². The van der Waals surface area contributed by atoms with E-state index >= 15 is 0 Å². The van der Waals surface area contributed by atoms with Crippen molar-refractivity contribution in [3.63, 3.8) is 0 Å². The van der Waals surface area contributed by atoms with Gasteiger partial charge in [-0.1, -0.05) is 40.4 Å². The second-order valence-electron chi connectivity index (χ2n) is 4.02. The number of hydrogen-bond acceptors (Lipinski definition) is 1. The molecular weight excluding hydrogens is 305 g/mol. The predicted molar refractivity (Wildman–Crippen MR) is 75.4 cm³/mol. The van der Waals surface area contributed by atoms with Crippen LogP contribution < -0.4 is 5.32 Å². The summed E-state index contributed by atoms with van der Waals surface area (Å²) in [5.41, 5.74) is 0.637. The Bertz CT molecular complexity index is 333. The van der Waals surface area contributed by atoms with Crippen LogP contribution in [0.3, 0.4) is 0 Å². The SMILES string of the molecule is Fc1ccc(Cl)cc1CNCCCCCCBr. The number of rotatable bonds is 8. The summed E-state index contributed by atoms with van der Waals surface area (Å²) in [6.07, 6.45) is 4.83. The number of nitrogens with one attached hydrogen (secondary N) is 1. The fourth-order valence-electron chi connectivity index (χ4n) is 1.60. The van der Waals surface area contributed by atoms with Gasteiger partial charge in [0.25, 0.3) is 0 Å². The van der Waals surface area contributed by atoms with Crippen LogP contribution in [-0.2, 0) is 6.54 Å². The van der Waals surface area contributed by atoms with Crippen molar-refractivity contribution in [3.05, 3.63) is 34.6 Å². The summed E-state index contributed by atoms with van der Waals surface area (Å²) >= 11 is 9.22. The molecule has 1 N–H and O–H groups in total. The van der Waals surface area contributed by atoms with E-state index < -0.39 is 0 Å². The highest BCUT2D eigenvalue weighted by molar-refractivity contribution is 9.09. The van der Waals surface area contributed by atoms with E-state index in [2.05, 4.69) is 21.2 Å². The molecule has 0 aliphatic carbocycles. The molecule has 0 saturated heterocycles. The predicted octanol–water partition coefficient (Wildman–Crippen LogP) is 4.52. The van der Waals surface area contributed by atoms with Gasteiger partial charge in [0.2, 0.25) is 0 Å². The van der Waals surface area contributed by atoms with Crippen molar-refractivity contribution in [1.29, 1.82) is 0 Å². The Hall–Kier alpha value is -0.120. The van der Waals surface area contributed by atoms with Crippen LogP contribution in [0.15, 0.2) is 18.2 Å². The first-order valence-corrected chi connectivity index (χ1v) is 7.44. The third kappa shape index (κ3) is 6.39. The van der Waals surface area contributed by atoms with E-state index in [1.54, 1.807) is 12.1 Å². The highest BCUT2D eigenvalue weighted by Crippen LogP contribution is 2.14. The smallest absolute Gasteiger partial charge is 0.127 e. The molecule has 1 rings (SSSR count). The number of benzene rings is 1. The van der Waals surface area contributed by atoms with Gasteiger partial charge in [-0.25, -0.2) is 4.39 Å². The summed E-state index contributed by atoms with van der Waals surface area (Å²) in [4.78, 5) is 0. The van der Waals surface area contributed by atoms with Crippen molar-refractivity contribution in [1.82, 2.24) is 5.32 Å². The molecule has 0 radical (unpaired) electrons. The fourth-order valence-corrected chi connectivity index (χ4v) is 2.19. The third-order valence-corrected chi connectivity index (χ3v) is 3.36. The van der Waals surface area contributed by atoms with Crippen LogP contribution in [0.5, 0.6) is 0 Å². The molecule has 0 heterocycles. The van der Waals surface area contributed by atoms with Gasteiger partial charge < -0.3 is 5.32 Å². The molecule has 0 aliphatic heterocycles. The first-order chi connectivity index (χ1) is 8.24. The topological polar surface area (TPSA) is 12.0 Å². The van der Waals surface area contributed by atoms with Crippen molar-refractivity contribution in [3.8, 4) is 0 Å². The summed E-state index contributed by atoms with van der Waals surface area (Å²) in [6, 6.07) is 4.66. The molecule has 0 bridgehead atoms. The minimum absolute atomic E-state index is 0.193. The van der Waals surface area contributed by atoms with E-state index in [4.69, 9.17) is 11.6 Å². The number of hydrogen-bond donors (Lipinski definition) is 1. The van der Waals surface area contributed by atoms with E-state index in [1.165, 1.54) is 25.3 Å². The van der Waals surface area contributed by atoms with Crippen LogP contribution in [0.2, 0.25) is 5.02 Å². The molecule has 1 nitrogen and oxygen atoms in total. The molecule has 4 heteroatoms. The molecule has 0 saturated carbocycles. The van der Waals surface area contributed by atoms with Gasteiger partial charge in [0.15, 0.2) is 0 Å². The second-order valence-corrected chi connectivity index (χ2v) is 5.25. The minimum Gasteiger partial charge on any atom is -0.313 e. The molecule has 0 amide bonds. The molecule has 96 valence electrons. The molecule has 1 aromatic carbocycles. The van der Waals surface area contributed by atoms with Gasteiger partial charge in [0, 0.05) is 22.5 Å². The van der Waals surface area contributed by atoms with E-state index in [0.717, 1.165) is 18.3 Å². The van der Waals surface area contributed by atoms with Crippen molar-refractivity contribution in [2.45, 2.75) is 32.2 Å². The fraction of sp³-hybridized carbons (Fsp3) is 0.538. The van der Waals surface area contributed by atoms with Crippen molar-refractivity contribution in [2.75, 3.05) is 11.9 Å². The number of halogens is 3. The molecule has 0 spiro atoms. The van der Waals surface area contributed by atoms with Crippen molar-refractivity contribution >= 4 is 27.5 Å². The Morgan fingerprint density at radius 1 is 1.18 bits per heavy atom. The largest absolute Gasteiger partial charge is 0.313 e. The Morgan fingerprint density at radius 3 is 2.71 bits per heavy atom. The molecule has 1 aromatic rings. The monoisotopic (exact) mass is 321 g/mol. The van der Waals surface area contributed by atoms with Crippen LogP contribution in [0.25, 0.3) is 0 Å². The van der Waals surface area contributed by atoms with Gasteiger partial charge in [-0.15, -0.1) is 0 Å². The Morgan fingerprint density at radius 2 is 1.94 bits per heavy atom. The zero-order valence-electron chi connectivity index (χ0n) is 9.82. The minimum atomic E-state index is -0.193. The average molecular weight is 323 g/mol. The van der Waals surface area contributed by atoms with Gasteiger partial charge in [-0.2, -0.15) is 0 Å². The highest BCUT2D eigenvalue weighted by atomic mass is 79.9. The van der Waals surface area contributed by atoms with Crippen LogP contribution in [0, 0.1) is 5.82 Å². The average Bonchev–Trinajstić information content (AvgIpc) is 2.32. The first-order valence-electron chi connectivity index (χ1n) is 5.94. The maximum absolute atomic E-state index is 13.3. The Labute approximate surface area is 116 Å². The second kappa shape index (κ2) is 8.90. The summed E-state index contributed by atoms with van der Waals surface area (Å²) in [6.45, 7) is 1.47. The zero-order chi connectivity index (χ0) is 12.5. The van der Waals surface area contributed by atoms with Gasteiger partial charge in [-0.3, -0.25) is 0 Å². The molecular formula is C13H18BrClFN. The highest BCUT2D eigenvalue weighted by Gasteiger charge is 2.01. The van der Waals surface area contributed by atoms with Crippen molar-refractivity contribution in [2.24, 2.45) is 0 Å².